The van der Waals surface area contributed by atoms with Crippen LogP contribution in [0.4, 0.5) is 0 Å². The van der Waals surface area contributed by atoms with Gasteiger partial charge in [0, 0.05) is 6.07 Å². The van der Waals surface area contributed by atoms with Crippen molar-refractivity contribution in [1.82, 2.24) is 0 Å². The molecule has 0 unspecified atom stereocenters. The maximum atomic E-state index is 11.9. The maximum absolute atomic E-state index is 11.9. The summed E-state index contributed by atoms with van der Waals surface area (Å²) in [6.45, 7) is 2.02. The number of ether oxygens (including phenoxy) is 1. The lowest BCUT2D eigenvalue weighted by Crippen LogP contribution is -2.13. The second-order valence-corrected chi connectivity index (χ2v) is 7.16. The van der Waals surface area contributed by atoms with Gasteiger partial charge in [0.1, 0.15) is 17.2 Å². The third-order valence-electron chi connectivity index (χ3n) is 3.09. The molecule has 124 valence electrons. The molecule has 2 aromatic carbocycles. The van der Waals surface area contributed by atoms with Crippen molar-refractivity contribution in [3.63, 3.8) is 0 Å². The summed E-state index contributed by atoms with van der Waals surface area (Å²) in [4.78, 5) is 0. The Kier molecular flexibility index (Phi) is 6.30. The standard InChI is InChI=1S/C17H19ClO4S/c1-2-3-6-12-23(19,20)22-15-9-7-8-14(13-15)21-17-11-5-4-10-16(17)18/h4-5,7-11,13H,2-3,6,12H2,1H3. The molecule has 0 N–H and O–H groups in total. The van der Waals surface area contributed by atoms with Crippen LogP contribution in [0.25, 0.3) is 0 Å². The number of hydrogen-bond acceptors (Lipinski definition) is 4. The highest BCUT2D eigenvalue weighted by Crippen LogP contribution is 2.30. The van der Waals surface area contributed by atoms with Crippen molar-refractivity contribution in [2.24, 2.45) is 0 Å². The summed E-state index contributed by atoms with van der Waals surface area (Å²) < 4.78 is 34.6. The first-order chi connectivity index (χ1) is 11.0. The number of benzene rings is 2. The van der Waals surface area contributed by atoms with E-state index in [0.29, 0.717) is 22.9 Å². The zero-order valence-corrected chi connectivity index (χ0v) is 14.4. The molecule has 6 heteroatoms. The first-order valence-corrected chi connectivity index (χ1v) is 9.40. The van der Waals surface area contributed by atoms with Gasteiger partial charge in [0.2, 0.25) is 0 Å². The Morgan fingerprint density at radius 1 is 1.00 bits per heavy atom. The highest BCUT2D eigenvalue weighted by atomic mass is 35.5. The predicted molar refractivity (Wildman–Crippen MR) is 91.9 cm³/mol. The molecule has 0 atom stereocenters. The van der Waals surface area contributed by atoms with Crippen LogP contribution in [0.5, 0.6) is 17.2 Å². The van der Waals surface area contributed by atoms with E-state index in [-0.39, 0.29) is 11.5 Å². The zero-order chi connectivity index (χ0) is 16.7. The molecular formula is C17H19ClO4S. The number of unbranched alkanes of at least 4 members (excludes halogenated alkanes) is 2. The molecule has 0 radical (unpaired) electrons. The first kappa shape index (κ1) is 17.6. The molecule has 0 aliphatic rings. The average Bonchev–Trinajstić information content (AvgIpc) is 2.50. The molecule has 0 aliphatic heterocycles. The number of hydrogen-bond donors (Lipinski definition) is 0. The van der Waals surface area contributed by atoms with Crippen LogP contribution >= 0.6 is 11.6 Å². The maximum Gasteiger partial charge on any atom is 0.309 e. The monoisotopic (exact) mass is 354 g/mol. The molecule has 0 heterocycles. The average molecular weight is 355 g/mol. The van der Waals surface area contributed by atoms with Gasteiger partial charge < -0.3 is 8.92 Å². The van der Waals surface area contributed by atoms with E-state index in [0.717, 1.165) is 12.8 Å². The molecule has 0 spiro atoms. The highest BCUT2D eigenvalue weighted by Gasteiger charge is 2.13. The minimum atomic E-state index is -3.59. The van der Waals surface area contributed by atoms with Crippen molar-refractivity contribution in [1.29, 1.82) is 0 Å². The second kappa shape index (κ2) is 8.22. The van der Waals surface area contributed by atoms with Crippen LogP contribution in [-0.4, -0.2) is 14.2 Å². The first-order valence-electron chi connectivity index (χ1n) is 7.45. The quantitative estimate of drug-likeness (QED) is 0.492. The molecule has 0 bridgehead atoms. The van der Waals surface area contributed by atoms with Crippen molar-refractivity contribution >= 4 is 21.7 Å². The zero-order valence-electron chi connectivity index (χ0n) is 12.9. The Labute approximate surface area is 142 Å². The SMILES string of the molecule is CCCCCS(=O)(=O)Oc1cccc(Oc2ccccc2Cl)c1. The lowest BCUT2D eigenvalue weighted by atomic mass is 10.3. The van der Waals surface area contributed by atoms with Gasteiger partial charge in [-0.1, -0.05) is 49.6 Å². The van der Waals surface area contributed by atoms with Crippen LogP contribution in [0.15, 0.2) is 48.5 Å². The Hall–Kier alpha value is -1.72. The van der Waals surface area contributed by atoms with E-state index in [1.54, 1.807) is 42.5 Å². The molecule has 0 fully saturated rings. The fraction of sp³-hybridized carbons (Fsp3) is 0.294. The van der Waals surface area contributed by atoms with Gasteiger partial charge in [-0.15, -0.1) is 0 Å². The topological polar surface area (TPSA) is 52.6 Å². The van der Waals surface area contributed by atoms with E-state index < -0.39 is 10.1 Å². The minimum absolute atomic E-state index is 0.0104. The number of para-hydroxylation sites is 1. The fourth-order valence-corrected chi connectivity index (χ4v) is 3.17. The summed E-state index contributed by atoms with van der Waals surface area (Å²) in [6.07, 6.45) is 2.41. The van der Waals surface area contributed by atoms with Gasteiger partial charge in [-0.2, -0.15) is 8.42 Å². The highest BCUT2D eigenvalue weighted by molar-refractivity contribution is 7.87. The van der Waals surface area contributed by atoms with Crippen molar-refractivity contribution in [2.75, 3.05) is 5.75 Å². The molecule has 2 rings (SSSR count). The molecule has 0 saturated heterocycles. The van der Waals surface area contributed by atoms with E-state index in [1.807, 2.05) is 6.92 Å². The van der Waals surface area contributed by atoms with Crippen molar-refractivity contribution in [3.05, 3.63) is 53.6 Å². The van der Waals surface area contributed by atoms with E-state index in [1.165, 1.54) is 6.07 Å². The smallest absolute Gasteiger partial charge is 0.309 e. The van der Waals surface area contributed by atoms with Crippen LogP contribution in [0.2, 0.25) is 5.02 Å². The molecule has 0 saturated carbocycles. The van der Waals surface area contributed by atoms with Crippen LogP contribution in [-0.2, 0) is 10.1 Å². The molecule has 0 aliphatic carbocycles. The van der Waals surface area contributed by atoms with E-state index in [4.69, 9.17) is 20.5 Å². The van der Waals surface area contributed by atoms with E-state index >= 15 is 0 Å². The van der Waals surface area contributed by atoms with Crippen LogP contribution in [0.1, 0.15) is 26.2 Å². The second-order valence-electron chi connectivity index (χ2n) is 5.06. The summed E-state index contributed by atoms with van der Waals surface area (Å²) in [5, 5.41) is 0.478. The predicted octanol–water partition coefficient (Wildman–Crippen LogP) is 5.03. The molecule has 0 aromatic heterocycles. The molecule has 23 heavy (non-hydrogen) atoms. The van der Waals surface area contributed by atoms with Crippen LogP contribution in [0, 0.1) is 0 Å². The van der Waals surface area contributed by atoms with Crippen molar-refractivity contribution in [2.45, 2.75) is 26.2 Å². The van der Waals surface area contributed by atoms with E-state index in [2.05, 4.69) is 0 Å². The Morgan fingerprint density at radius 2 is 1.74 bits per heavy atom. The van der Waals surface area contributed by atoms with Crippen LogP contribution in [0.3, 0.4) is 0 Å². The van der Waals surface area contributed by atoms with Gasteiger partial charge in [0.05, 0.1) is 10.8 Å². The third-order valence-corrected chi connectivity index (χ3v) is 4.64. The minimum Gasteiger partial charge on any atom is -0.456 e. The van der Waals surface area contributed by atoms with Gasteiger partial charge in [0.25, 0.3) is 0 Å². The Morgan fingerprint density at radius 3 is 2.48 bits per heavy atom. The summed E-state index contributed by atoms with van der Waals surface area (Å²) in [5.41, 5.74) is 0. The summed E-state index contributed by atoms with van der Waals surface area (Å²) in [6, 6.07) is 13.5. The van der Waals surface area contributed by atoms with Crippen molar-refractivity contribution in [3.8, 4) is 17.2 Å². The van der Waals surface area contributed by atoms with Gasteiger partial charge in [-0.05, 0) is 30.7 Å². The Bertz CT molecular complexity index is 744. The summed E-state index contributed by atoms with van der Waals surface area (Å²) in [7, 11) is -3.59. The van der Waals surface area contributed by atoms with Gasteiger partial charge in [-0.25, -0.2) is 0 Å². The van der Waals surface area contributed by atoms with Crippen molar-refractivity contribution < 1.29 is 17.3 Å². The lowest BCUT2D eigenvalue weighted by molar-refractivity contribution is 0.467. The van der Waals surface area contributed by atoms with E-state index in [9.17, 15) is 8.42 Å². The normalized spacial score (nSPS) is 11.2. The molecular weight excluding hydrogens is 336 g/mol. The number of rotatable bonds is 8. The summed E-state index contributed by atoms with van der Waals surface area (Å²) >= 11 is 6.04. The Balaban J connectivity index is 2.06. The fourth-order valence-electron chi connectivity index (χ4n) is 1.96. The number of halogens is 1. The molecule has 0 amide bonds. The molecule has 2 aromatic rings. The van der Waals surface area contributed by atoms with Gasteiger partial charge in [-0.3, -0.25) is 0 Å². The lowest BCUT2D eigenvalue weighted by Gasteiger charge is -2.10. The molecule has 4 nitrogen and oxygen atoms in total. The van der Waals surface area contributed by atoms with Gasteiger partial charge >= 0.3 is 10.1 Å². The third kappa shape index (κ3) is 5.77. The van der Waals surface area contributed by atoms with Crippen LogP contribution < -0.4 is 8.92 Å². The summed E-state index contributed by atoms with van der Waals surface area (Å²) in [5.74, 6) is 1.19. The van der Waals surface area contributed by atoms with Gasteiger partial charge in [0.15, 0.2) is 0 Å². The largest absolute Gasteiger partial charge is 0.456 e.